The zero-order valence-electron chi connectivity index (χ0n) is 8.93. The summed E-state index contributed by atoms with van der Waals surface area (Å²) in [6, 6.07) is 7.28. The molecule has 2 aromatic heterocycles. The second-order valence-electron chi connectivity index (χ2n) is 3.42. The van der Waals surface area contributed by atoms with E-state index in [0.717, 1.165) is 10.0 Å². The number of rotatable bonds is 3. The zero-order valence-corrected chi connectivity index (χ0v) is 10.5. The second-order valence-corrected chi connectivity index (χ2v) is 4.27. The van der Waals surface area contributed by atoms with Crippen LogP contribution in [-0.2, 0) is 11.2 Å². The highest BCUT2D eigenvalue weighted by Crippen LogP contribution is 2.18. The van der Waals surface area contributed by atoms with Crippen molar-refractivity contribution < 1.29 is 4.79 Å². The molecule has 0 saturated heterocycles. The van der Waals surface area contributed by atoms with Gasteiger partial charge in [-0.25, -0.2) is 4.98 Å². The number of halogens is 1. The molecule has 0 aliphatic heterocycles. The third-order valence-corrected chi connectivity index (χ3v) is 2.74. The fourth-order valence-corrected chi connectivity index (χ4v) is 1.70. The van der Waals surface area contributed by atoms with Gasteiger partial charge in [0.05, 0.1) is 10.9 Å². The van der Waals surface area contributed by atoms with Crippen molar-refractivity contribution in [1.82, 2.24) is 9.97 Å². The Morgan fingerprint density at radius 1 is 1.29 bits per heavy atom. The van der Waals surface area contributed by atoms with Gasteiger partial charge in [-0.2, -0.15) is 0 Å². The van der Waals surface area contributed by atoms with E-state index in [1.165, 1.54) is 0 Å². The Bertz CT molecular complexity index is 516. The van der Waals surface area contributed by atoms with Crippen molar-refractivity contribution in [3.05, 3.63) is 52.9 Å². The molecule has 0 atom stereocenters. The fraction of sp³-hybridized carbons (Fsp3) is 0.0833. The lowest BCUT2D eigenvalue weighted by Crippen LogP contribution is -2.15. The largest absolute Gasteiger partial charge is 0.309 e. The topological polar surface area (TPSA) is 54.9 Å². The van der Waals surface area contributed by atoms with Gasteiger partial charge in [-0.1, -0.05) is 6.07 Å². The van der Waals surface area contributed by atoms with Crippen LogP contribution < -0.4 is 5.32 Å². The molecule has 0 radical (unpaired) electrons. The van der Waals surface area contributed by atoms with E-state index in [2.05, 4.69) is 31.2 Å². The van der Waals surface area contributed by atoms with Gasteiger partial charge in [-0.15, -0.1) is 0 Å². The lowest BCUT2D eigenvalue weighted by molar-refractivity contribution is -0.115. The first-order valence-corrected chi connectivity index (χ1v) is 5.84. The number of amides is 1. The van der Waals surface area contributed by atoms with Crippen LogP contribution in [0.2, 0.25) is 0 Å². The molecule has 0 aliphatic rings. The summed E-state index contributed by atoms with van der Waals surface area (Å²) in [6.45, 7) is 0. The molecule has 0 aliphatic carbocycles. The van der Waals surface area contributed by atoms with Gasteiger partial charge in [0.25, 0.3) is 0 Å². The molecule has 1 amide bonds. The number of nitrogens with one attached hydrogen (secondary N) is 1. The molecule has 86 valence electrons. The highest BCUT2D eigenvalue weighted by Gasteiger charge is 2.06. The number of hydrogen-bond donors (Lipinski definition) is 1. The molecule has 2 heterocycles. The number of anilines is 1. The molecule has 0 fully saturated rings. The van der Waals surface area contributed by atoms with Crippen LogP contribution in [0.4, 0.5) is 5.82 Å². The molecule has 5 heteroatoms. The highest BCUT2D eigenvalue weighted by atomic mass is 79.9. The third kappa shape index (κ3) is 3.35. The minimum atomic E-state index is -0.114. The van der Waals surface area contributed by atoms with Crippen molar-refractivity contribution in [3.63, 3.8) is 0 Å². The molecule has 1 N–H and O–H groups in total. The Hall–Kier alpha value is -1.75. The maximum Gasteiger partial charge on any atom is 0.230 e. The number of hydrogen-bond acceptors (Lipinski definition) is 3. The fourth-order valence-electron chi connectivity index (χ4n) is 1.34. The van der Waals surface area contributed by atoms with E-state index in [9.17, 15) is 4.79 Å². The average Bonchev–Trinajstić information content (AvgIpc) is 2.33. The summed E-state index contributed by atoms with van der Waals surface area (Å²) >= 11 is 3.32. The monoisotopic (exact) mass is 291 g/mol. The van der Waals surface area contributed by atoms with Crippen molar-refractivity contribution in [2.45, 2.75) is 6.42 Å². The first kappa shape index (κ1) is 11.7. The molecule has 2 rings (SSSR count). The number of carbonyl (C=O) groups is 1. The maximum absolute atomic E-state index is 11.7. The Labute approximate surface area is 107 Å². The van der Waals surface area contributed by atoms with Gasteiger partial charge in [0.1, 0.15) is 5.82 Å². The molecule has 0 bridgehead atoms. The minimum absolute atomic E-state index is 0.114. The van der Waals surface area contributed by atoms with Crippen molar-refractivity contribution >= 4 is 27.7 Å². The van der Waals surface area contributed by atoms with Crippen molar-refractivity contribution in [1.29, 1.82) is 0 Å². The number of nitrogens with zero attached hydrogens (tertiary/aromatic N) is 2. The molecule has 17 heavy (non-hydrogen) atoms. The molecule has 0 spiro atoms. The van der Waals surface area contributed by atoms with Crippen LogP contribution in [-0.4, -0.2) is 15.9 Å². The zero-order chi connectivity index (χ0) is 12.1. The summed E-state index contributed by atoms with van der Waals surface area (Å²) in [7, 11) is 0. The van der Waals surface area contributed by atoms with E-state index < -0.39 is 0 Å². The molecule has 0 saturated carbocycles. The van der Waals surface area contributed by atoms with Gasteiger partial charge < -0.3 is 5.32 Å². The first-order chi connectivity index (χ1) is 8.25. The third-order valence-electron chi connectivity index (χ3n) is 2.10. The van der Waals surface area contributed by atoms with Crippen LogP contribution in [0.1, 0.15) is 5.56 Å². The molecule has 0 unspecified atom stereocenters. The summed E-state index contributed by atoms with van der Waals surface area (Å²) in [5, 5.41) is 2.73. The van der Waals surface area contributed by atoms with Gasteiger partial charge in [0.15, 0.2) is 0 Å². The van der Waals surface area contributed by atoms with Gasteiger partial charge in [-0.05, 0) is 39.7 Å². The summed E-state index contributed by atoms with van der Waals surface area (Å²) in [6.07, 6.45) is 5.27. The first-order valence-electron chi connectivity index (χ1n) is 5.05. The van der Waals surface area contributed by atoms with Crippen LogP contribution in [0.25, 0.3) is 0 Å². The van der Waals surface area contributed by atoms with Crippen LogP contribution in [0, 0.1) is 0 Å². The maximum atomic E-state index is 11.7. The number of carbonyl (C=O) groups excluding carboxylic acids is 1. The van der Waals surface area contributed by atoms with Gasteiger partial charge >= 0.3 is 0 Å². The Morgan fingerprint density at radius 2 is 2.12 bits per heavy atom. The standard InChI is InChI=1S/C12H10BrN3O/c13-10-4-2-6-15-12(10)16-11(17)7-9-3-1-5-14-8-9/h1-6,8H,7H2,(H,15,16,17). The summed E-state index contributed by atoms with van der Waals surface area (Å²) in [5.41, 5.74) is 0.872. The molecule has 4 nitrogen and oxygen atoms in total. The van der Waals surface area contributed by atoms with Crippen LogP contribution in [0.3, 0.4) is 0 Å². The molecular weight excluding hydrogens is 282 g/mol. The van der Waals surface area contributed by atoms with Crippen molar-refractivity contribution in [3.8, 4) is 0 Å². The van der Waals surface area contributed by atoms with E-state index in [1.807, 2.05) is 12.1 Å². The van der Waals surface area contributed by atoms with Gasteiger partial charge in [0.2, 0.25) is 5.91 Å². The lowest BCUT2D eigenvalue weighted by atomic mass is 10.2. The summed E-state index contributed by atoms with van der Waals surface area (Å²) < 4.78 is 0.763. The minimum Gasteiger partial charge on any atom is -0.309 e. The second kappa shape index (κ2) is 5.54. The van der Waals surface area contributed by atoms with E-state index in [-0.39, 0.29) is 12.3 Å². The van der Waals surface area contributed by atoms with E-state index >= 15 is 0 Å². The highest BCUT2D eigenvalue weighted by molar-refractivity contribution is 9.10. The lowest BCUT2D eigenvalue weighted by Gasteiger charge is -2.05. The Morgan fingerprint density at radius 3 is 2.82 bits per heavy atom. The summed E-state index contributed by atoms with van der Waals surface area (Å²) in [4.78, 5) is 19.8. The van der Waals surface area contributed by atoms with Crippen LogP contribution >= 0.6 is 15.9 Å². The van der Waals surface area contributed by atoms with Crippen LogP contribution in [0.15, 0.2) is 47.3 Å². The van der Waals surface area contributed by atoms with Gasteiger partial charge in [0, 0.05) is 18.6 Å². The Kier molecular flexibility index (Phi) is 3.82. The number of pyridine rings is 2. The predicted octanol–water partition coefficient (Wildman–Crippen LogP) is 2.42. The predicted molar refractivity (Wildman–Crippen MR) is 68.5 cm³/mol. The van der Waals surface area contributed by atoms with E-state index in [1.54, 1.807) is 30.7 Å². The average molecular weight is 292 g/mol. The SMILES string of the molecule is O=C(Cc1cccnc1)Nc1ncccc1Br. The van der Waals surface area contributed by atoms with E-state index in [4.69, 9.17) is 0 Å². The Balaban J connectivity index is 2.01. The molecule has 0 aromatic carbocycles. The molecule has 2 aromatic rings. The van der Waals surface area contributed by atoms with Crippen molar-refractivity contribution in [2.75, 3.05) is 5.32 Å². The van der Waals surface area contributed by atoms with Crippen LogP contribution in [0.5, 0.6) is 0 Å². The van der Waals surface area contributed by atoms with Gasteiger partial charge in [-0.3, -0.25) is 9.78 Å². The normalized spacial score (nSPS) is 9.94. The smallest absolute Gasteiger partial charge is 0.230 e. The van der Waals surface area contributed by atoms with E-state index in [0.29, 0.717) is 5.82 Å². The van der Waals surface area contributed by atoms with Crippen molar-refractivity contribution in [2.24, 2.45) is 0 Å². The quantitative estimate of drug-likeness (QED) is 0.945. The summed E-state index contributed by atoms with van der Waals surface area (Å²) in [5.74, 6) is 0.416. The number of aromatic nitrogens is 2. The molecular formula is C12H10BrN3O.